The minimum Gasteiger partial charge on any atom is -0.481 e. The van der Waals surface area contributed by atoms with Gasteiger partial charge in [0.15, 0.2) is 5.82 Å². The molecule has 9 heteroatoms. The maximum absolute atomic E-state index is 14.4. The van der Waals surface area contributed by atoms with Gasteiger partial charge in [-0.2, -0.15) is 0 Å². The van der Waals surface area contributed by atoms with E-state index in [1.807, 2.05) is 0 Å². The number of aromatic nitrogens is 3. The Kier molecular flexibility index (Phi) is 5.66. The first kappa shape index (κ1) is 23.5. The van der Waals surface area contributed by atoms with E-state index in [-0.39, 0.29) is 40.4 Å². The van der Waals surface area contributed by atoms with Crippen LogP contribution in [0.2, 0.25) is 0 Å². The summed E-state index contributed by atoms with van der Waals surface area (Å²) in [6.45, 7) is 1.65. The number of benzene rings is 2. The molecule has 6 nitrogen and oxygen atoms in total. The molecule has 0 saturated heterocycles. The number of aryl methyl sites for hydroxylation is 1. The molecule has 2 aromatic carbocycles. The van der Waals surface area contributed by atoms with Crippen molar-refractivity contribution in [2.45, 2.75) is 38.6 Å². The second-order valence-corrected chi connectivity index (χ2v) is 10.1. The van der Waals surface area contributed by atoms with Crippen LogP contribution in [-0.4, -0.2) is 32.1 Å². The van der Waals surface area contributed by atoms with Gasteiger partial charge >= 0.3 is 5.97 Å². The van der Waals surface area contributed by atoms with Crippen molar-refractivity contribution in [1.29, 1.82) is 0 Å². The lowest BCUT2D eigenvalue weighted by Gasteiger charge is -2.47. The minimum atomic E-state index is -0.821. The number of aliphatic carboxylic acids is 1. The summed E-state index contributed by atoms with van der Waals surface area (Å²) in [6.07, 6.45) is 5.24. The van der Waals surface area contributed by atoms with Crippen molar-refractivity contribution in [2.75, 3.05) is 5.32 Å². The fourth-order valence-electron chi connectivity index (χ4n) is 6.12. The Morgan fingerprint density at radius 2 is 1.76 bits per heavy atom. The van der Waals surface area contributed by atoms with Gasteiger partial charge < -0.3 is 15.4 Å². The highest BCUT2D eigenvalue weighted by molar-refractivity contribution is 5.94. The Hall–Kier alpha value is -3.88. The quantitative estimate of drug-likeness (QED) is 0.295. The molecule has 3 fully saturated rings. The van der Waals surface area contributed by atoms with Crippen LogP contribution in [0.1, 0.15) is 31.2 Å². The summed E-state index contributed by atoms with van der Waals surface area (Å²) < 4.78 is 42.5. The van der Waals surface area contributed by atoms with Gasteiger partial charge in [-0.15, -0.1) is 0 Å². The van der Waals surface area contributed by atoms with Gasteiger partial charge in [0.25, 0.3) is 0 Å². The van der Waals surface area contributed by atoms with E-state index in [0.717, 1.165) is 31.7 Å². The average molecular weight is 507 g/mol. The second-order valence-electron chi connectivity index (χ2n) is 10.1. The van der Waals surface area contributed by atoms with E-state index in [2.05, 4.69) is 20.3 Å². The highest BCUT2D eigenvalue weighted by Gasteiger charge is 2.47. The van der Waals surface area contributed by atoms with Gasteiger partial charge in [-0.05, 0) is 74.3 Å². The second kappa shape index (κ2) is 8.90. The Morgan fingerprint density at radius 1 is 1.00 bits per heavy atom. The molecular formula is C28H25F3N4O2. The maximum atomic E-state index is 14.4. The van der Waals surface area contributed by atoms with E-state index < -0.39 is 23.5 Å². The third-order valence-corrected chi connectivity index (χ3v) is 7.95. The zero-order valence-corrected chi connectivity index (χ0v) is 20.1. The Bertz CT molecular complexity index is 1530. The van der Waals surface area contributed by atoms with Crippen LogP contribution in [0.15, 0.2) is 42.6 Å². The summed E-state index contributed by atoms with van der Waals surface area (Å²) in [5.41, 5.74) is 2.10. The number of halogens is 3. The number of fused-ring (bicyclic) bond motifs is 4. The van der Waals surface area contributed by atoms with Crippen LogP contribution < -0.4 is 5.32 Å². The van der Waals surface area contributed by atoms with Crippen LogP contribution in [0.3, 0.4) is 0 Å². The van der Waals surface area contributed by atoms with Gasteiger partial charge in [-0.1, -0.05) is 0 Å². The number of anilines is 1. The zero-order chi connectivity index (χ0) is 25.8. The summed E-state index contributed by atoms with van der Waals surface area (Å²) in [4.78, 5) is 24.4. The van der Waals surface area contributed by atoms with Gasteiger partial charge in [-0.3, -0.25) is 4.79 Å². The number of nitrogens with zero attached hydrogens (tertiary/aromatic N) is 2. The van der Waals surface area contributed by atoms with Crippen molar-refractivity contribution in [3.63, 3.8) is 0 Å². The highest BCUT2D eigenvalue weighted by atomic mass is 19.1. The molecule has 3 aliphatic carbocycles. The molecule has 0 spiro atoms. The van der Waals surface area contributed by atoms with Crippen molar-refractivity contribution < 1.29 is 23.1 Å². The molecule has 2 aromatic heterocycles. The van der Waals surface area contributed by atoms with Crippen LogP contribution in [-0.2, 0) is 4.79 Å². The third kappa shape index (κ3) is 4.12. The van der Waals surface area contributed by atoms with Crippen LogP contribution in [0.4, 0.5) is 19.0 Å². The predicted molar refractivity (Wildman–Crippen MR) is 133 cm³/mol. The van der Waals surface area contributed by atoms with E-state index in [4.69, 9.17) is 0 Å². The molecule has 2 unspecified atom stereocenters. The molecule has 0 aliphatic heterocycles. The maximum Gasteiger partial charge on any atom is 0.308 e. The number of rotatable bonds is 5. The summed E-state index contributed by atoms with van der Waals surface area (Å²) in [6, 6.07) is 8.07. The van der Waals surface area contributed by atoms with Gasteiger partial charge in [-0.25, -0.2) is 23.1 Å². The molecule has 0 amide bonds. The fourth-order valence-corrected chi connectivity index (χ4v) is 6.12. The van der Waals surface area contributed by atoms with Crippen molar-refractivity contribution in [3.05, 3.63) is 65.6 Å². The van der Waals surface area contributed by atoms with Gasteiger partial charge in [0, 0.05) is 40.9 Å². The molecule has 4 aromatic rings. The standard InChI is InChI=1S/C28H25F3N4O2/c1-13-8-16(6-7-20(13)30)22-11-23(34-25-15-4-2-14(3-5-15)24(25)28(36)37)35-27(33-22)19-12-32-26-18(19)9-17(29)10-21(26)31/h6-12,14-15,24-25,32H,2-5H2,1H3,(H,36,37)(H,33,34,35). The highest BCUT2D eigenvalue weighted by Crippen LogP contribution is 2.46. The number of H-pyrrole nitrogens is 1. The third-order valence-electron chi connectivity index (χ3n) is 7.95. The molecule has 7 rings (SSSR count). The first-order chi connectivity index (χ1) is 17.8. The summed E-state index contributed by atoms with van der Waals surface area (Å²) in [5, 5.41) is 13.7. The van der Waals surface area contributed by atoms with Gasteiger partial charge in [0.1, 0.15) is 23.3 Å². The Morgan fingerprint density at radius 3 is 2.49 bits per heavy atom. The van der Waals surface area contributed by atoms with Crippen LogP contribution in [0.5, 0.6) is 0 Å². The normalized spacial score (nSPS) is 22.9. The Balaban J connectivity index is 1.49. The molecule has 37 heavy (non-hydrogen) atoms. The van der Waals surface area contributed by atoms with Crippen molar-refractivity contribution in [3.8, 4) is 22.6 Å². The first-order valence-corrected chi connectivity index (χ1v) is 12.4. The molecule has 2 heterocycles. The summed E-state index contributed by atoms with van der Waals surface area (Å²) in [7, 11) is 0. The number of aromatic amines is 1. The molecule has 0 radical (unpaired) electrons. The number of carboxylic acid groups (broad SMARTS) is 1. The number of carbonyl (C=O) groups is 1. The number of carboxylic acids is 1. The van der Waals surface area contributed by atoms with Crippen LogP contribution in [0, 0.1) is 42.1 Å². The fraction of sp³-hybridized carbons (Fsp3) is 0.321. The largest absolute Gasteiger partial charge is 0.481 e. The van der Waals surface area contributed by atoms with E-state index in [1.54, 1.807) is 25.1 Å². The first-order valence-electron chi connectivity index (χ1n) is 12.4. The summed E-state index contributed by atoms with van der Waals surface area (Å²) >= 11 is 0. The lowest BCUT2D eigenvalue weighted by molar-refractivity contribution is -0.148. The predicted octanol–water partition coefficient (Wildman–Crippen LogP) is 6.32. The number of hydrogen-bond acceptors (Lipinski definition) is 4. The molecule has 190 valence electrons. The number of nitrogens with one attached hydrogen (secondary N) is 2. The molecule has 3 saturated carbocycles. The Labute approximate surface area is 211 Å². The van der Waals surface area contributed by atoms with Crippen molar-refractivity contribution >= 4 is 22.7 Å². The lowest BCUT2D eigenvalue weighted by atomic mass is 9.61. The topological polar surface area (TPSA) is 90.9 Å². The monoisotopic (exact) mass is 506 g/mol. The molecular weight excluding hydrogens is 481 g/mol. The van der Waals surface area contributed by atoms with Crippen LogP contribution in [0.25, 0.3) is 33.5 Å². The lowest BCUT2D eigenvalue weighted by Crippen LogP contribution is -2.51. The zero-order valence-electron chi connectivity index (χ0n) is 20.1. The van der Waals surface area contributed by atoms with E-state index >= 15 is 0 Å². The number of hydrogen-bond donors (Lipinski definition) is 3. The van der Waals surface area contributed by atoms with Gasteiger partial charge in [0.2, 0.25) is 0 Å². The van der Waals surface area contributed by atoms with Crippen molar-refractivity contribution in [1.82, 2.24) is 15.0 Å². The van der Waals surface area contributed by atoms with E-state index in [9.17, 15) is 23.1 Å². The summed E-state index contributed by atoms with van der Waals surface area (Å²) in [5.74, 6) is -2.21. The molecule has 2 atom stereocenters. The molecule has 3 aliphatic rings. The SMILES string of the molecule is Cc1cc(-c2cc(NC3C4CCC(CC4)C3C(=O)O)nc(-c3c[nH]c4c(F)cc(F)cc34)n2)ccc1F. The average Bonchev–Trinajstić information content (AvgIpc) is 3.30. The smallest absolute Gasteiger partial charge is 0.308 e. The molecule has 3 N–H and O–H groups in total. The molecule has 2 bridgehead atoms. The van der Waals surface area contributed by atoms with E-state index in [0.29, 0.717) is 28.2 Å². The van der Waals surface area contributed by atoms with E-state index in [1.165, 1.54) is 18.3 Å². The van der Waals surface area contributed by atoms with Gasteiger partial charge in [0.05, 0.1) is 17.1 Å². The van der Waals surface area contributed by atoms with Crippen LogP contribution >= 0.6 is 0 Å². The minimum absolute atomic E-state index is 0.111. The van der Waals surface area contributed by atoms with Crippen molar-refractivity contribution in [2.24, 2.45) is 17.8 Å².